The number of imidazole rings is 2. The van der Waals surface area contributed by atoms with Gasteiger partial charge in [0.05, 0.1) is 16.9 Å². The van der Waals surface area contributed by atoms with Gasteiger partial charge in [-0.05, 0) is 50.8 Å². The van der Waals surface area contributed by atoms with Gasteiger partial charge in [-0.2, -0.15) is 0 Å². The average molecular weight is 543 g/mol. The average Bonchev–Trinajstić information content (AvgIpc) is 3.46. The second-order valence-corrected chi connectivity index (χ2v) is 12.8. The summed E-state index contributed by atoms with van der Waals surface area (Å²) in [6.07, 6.45) is 1.98. The molecule has 0 bridgehead atoms. The van der Waals surface area contributed by atoms with Crippen molar-refractivity contribution in [2.45, 2.75) is 72.6 Å². The Morgan fingerprint density at radius 1 is 0.950 bits per heavy atom. The third kappa shape index (κ3) is 6.39. The molecule has 0 spiro atoms. The molecule has 2 aromatic heterocycles. The van der Waals surface area contributed by atoms with Gasteiger partial charge in [0.1, 0.15) is 29.3 Å². The van der Waals surface area contributed by atoms with Crippen molar-refractivity contribution in [2.24, 2.45) is 0 Å². The first-order chi connectivity index (χ1) is 18.9. The molecule has 0 atom stereocenters. The molecule has 1 aliphatic rings. The fourth-order valence-electron chi connectivity index (χ4n) is 5.24. The minimum Gasteiger partial charge on any atom is -0.459 e. The van der Waals surface area contributed by atoms with Crippen LogP contribution >= 0.6 is 0 Å². The first-order valence-electron chi connectivity index (χ1n) is 14.2. The number of nitrogens with zero attached hydrogens (tertiary/aromatic N) is 5. The molecule has 8 nitrogen and oxygen atoms in total. The number of carbonyl (C=O) groups excluding carboxylic acids is 1. The van der Waals surface area contributed by atoms with Crippen molar-refractivity contribution in [1.29, 1.82) is 0 Å². The van der Waals surface area contributed by atoms with E-state index in [9.17, 15) is 4.79 Å². The lowest BCUT2D eigenvalue weighted by Crippen LogP contribution is -2.46. The summed E-state index contributed by atoms with van der Waals surface area (Å²) in [5.41, 5.74) is 6.27. The van der Waals surface area contributed by atoms with Gasteiger partial charge in [0.25, 0.3) is 0 Å². The maximum absolute atomic E-state index is 12.3. The minimum absolute atomic E-state index is 0.126. The fraction of sp³-hybridized carbons (Fsp3) is 0.469. The van der Waals surface area contributed by atoms with Gasteiger partial charge < -0.3 is 19.2 Å². The smallest absolute Gasteiger partial charge is 0.326 e. The van der Waals surface area contributed by atoms with Crippen molar-refractivity contribution in [3.05, 3.63) is 65.7 Å². The third-order valence-corrected chi connectivity index (χ3v) is 7.36. The summed E-state index contributed by atoms with van der Waals surface area (Å²) in [5, 5.41) is 0. The SMILES string of the molecule is Cc1nc(CN2CCN(c3cccc4[nH]c(-c5ccc(C(C)(C)C)cc5)nc34)CC2)cn1CC(=O)OC(C)(C)C. The normalized spacial score (nSPS) is 15.1. The van der Waals surface area contributed by atoms with Crippen LogP contribution in [0.2, 0.25) is 0 Å². The van der Waals surface area contributed by atoms with E-state index in [2.05, 4.69) is 78.0 Å². The molecule has 1 N–H and O–H groups in total. The Bertz CT molecular complexity index is 1480. The summed E-state index contributed by atoms with van der Waals surface area (Å²) in [6.45, 7) is 18.9. The molecule has 0 unspecified atom stereocenters. The minimum atomic E-state index is -0.492. The van der Waals surface area contributed by atoms with Crippen LogP contribution in [0.1, 0.15) is 58.6 Å². The summed E-state index contributed by atoms with van der Waals surface area (Å²) >= 11 is 0. The zero-order chi connectivity index (χ0) is 28.7. The summed E-state index contributed by atoms with van der Waals surface area (Å²) in [5.74, 6) is 1.48. The lowest BCUT2D eigenvalue weighted by atomic mass is 9.87. The zero-order valence-electron chi connectivity index (χ0n) is 24.9. The Morgan fingerprint density at radius 3 is 2.30 bits per heavy atom. The molecule has 1 fully saturated rings. The van der Waals surface area contributed by atoms with E-state index in [1.54, 1.807) is 0 Å². The number of nitrogens with one attached hydrogen (secondary N) is 1. The number of hydrogen-bond donors (Lipinski definition) is 1. The van der Waals surface area contributed by atoms with Crippen molar-refractivity contribution in [3.8, 4) is 11.4 Å². The van der Waals surface area contributed by atoms with E-state index in [4.69, 9.17) is 14.7 Å². The monoisotopic (exact) mass is 542 g/mol. The van der Waals surface area contributed by atoms with Crippen LogP contribution in [0, 0.1) is 6.92 Å². The van der Waals surface area contributed by atoms with Crippen molar-refractivity contribution in [1.82, 2.24) is 24.4 Å². The van der Waals surface area contributed by atoms with Gasteiger partial charge in [-0.15, -0.1) is 0 Å². The number of ether oxygens (including phenoxy) is 1. The molecular formula is C32H42N6O2. The van der Waals surface area contributed by atoms with Gasteiger partial charge >= 0.3 is 5.97 Å². The van der Waals surface area contributed by atoms with E-state index in [0.29, 0.717) is 0 Å². The van der Waals surface area contributed by atoms with Crippen LogP contribution in [0.5, 0.6) is 0 Å². The number of H-pyrrole nitrogens is 1. The Labute approximate surface area is 237 Å². The van der Waals surface area contributed by atoms with E-state index in [1.165, 1.54) is 11.3 Å². The molecule has 0 amide bonds. The molecule has 0 aliphatic carbocycles. The lowest BCUT2D eigenvalue weighted by Gasteiger charge is -2.35. The number of anilines is 1. The second kappa shape index (κ2) is 10.7. The highest BCUT2D eigenvalue weighted by molar-refractivity contribution is 5.91. The lowest BCUT2D eigenvalue weighted by molar-refractivity contribution is -0.155. The molecule has 8 heteroatoms. The summed E-state index contributed by atoms with van der Waals surface area (Å²) < 4.78 is 7.35. The fourth-order valence-corrected chi connectivity index (χ4v) is 5.24. The molecule has 212 valence electrons. The van der Waals surface area contributed by atoms with E-state index < -0.39 is 5.60 Å². The third-order valence-electron chi connectivity index (χ3n) is 7.36. The van der Waals surface area contributed by atoms with Crippen LogP contribution in [-0.2, 0) is 28.0 Å². The Hall–Kier alpha value is -3.65. The van der Waals surface area contributed by atoms with Crippen molar-refractivity contribution >= 4 is 22.7 Å². The number of piperazine rings is 1. The quantitative estimate of drug-likeness (QED) is 0.315. The number of esters is 1. The molecule has 40 heavy (non-hydrogen) atoms. The highest BCUT2D eigenvalue weighted by Crippen LogP contribution is 2.30. The van der Waals surface area contributed by atoms with E-state index >= 15 is 0 Å². The summed E-state index contributed by atoms with van der Waals surface area (Å²) in [6, 6.07) is 15.1. The van der Waals surface area contributed by atoms with Gasteiger partial charge in [-0.25, -0.2) is 9.97 Å². The van der Waals surface area contributed by atoms with Crippen LogP contribution in [-0.4, -0.2) is 62.2 Å². The van der Waals surface area contributed by atoms with Crippen LogP contribution in [0.25, 0.3) is 22.4 Å². The zero-order valence-corrected chi connectivity index (χ0v) is 24.9. The van der Waals surface area contributed by atoms with E-state index in [-0.39, 0.29) is 17.9 Å². The van der Waals surface area contributed by atoms with Crippen molar-refractivity contribution in [2.75, 3.05) is 31.1 Å². The molecule has 0 saturated carbocycles. The molecule has 1 aliphatic heterocycles. The maximum Gasteiger partial charge on any atom is 0.326 e. The standard InChI is InChI=1S/C32H42N6O2/c1-22-33-25(20-38(22)21-28(39)40-32(5,6)7)19-36-15-17-37(18-16-36)27-10-8-9-26-29(27)35-30(34-26)23-11-13-24(14-12-23)31(2,3)4/h8-14,20H,15-19,21H2,1-7H3,(H,34,35). The van der Waals surface area contributed by atoms with Crippen molar-refractivity contribution < 1.29 is 9.53 Å². The summed E-state index contributed by atoms with van der Waals surface area (Å²) in [4.78, 5) is 30.4. The number of para-hydroxylation sites is 1. The van der Waals surface area contributed by atoms with Gasteiger partial charge in [-0.3, -0.25) is 9.69 Å². The van der Waals surface area contributed by atoms with Crippen molar-refractivity contribution in [3.63, 3.8) is 0 Å². The van der Waals surface area contributed by atoms with E-state index in [0.717, 1.165) is 66.7 Å². The molecule has 5 rings (SSSR count). The summed E-state index contributed by atoms with van der Waals surface area (Å²) in [7, 11) is 0. The Balaban J connectivity index is 1.23. The number of fused-ring (bicyclic) bond motifs is 1. The van der Waals surface area contributed by atoms with Crippen LogP contribution < -0.4 is 4.90 Å². The first-order valence-corrected chi connectivity index (χ1v) is 14.2. The van der Waals surface area contributed by atoms with Crippen LogP contribution in [0.15, 0.2) is 48.7 Å². The number of aromatic nitrogens is 4. The number of benzene rings is 2. The molecule has 3 heterocycles. The number of rotatable bonds is 6. The highest BCUT2D eigenvalue weighted by atomic mass is 16.6. The second-order valence-electron chi connectivity index (χ2n) is 12.8. The molecular weight excluding hydrogens is 500 g/mol. The Morgan fingerprint density at radius 2 is 1.65 bits per heavy atom. The predicted octanol–water partition coefficient (Wildman–Crippen LogP) is 5.70. The van der Waals surface area contributed by atoms with Gasteiger partial charge in [0.2, 0.25) is 0 Å². The van der Waals surface area contributed by atoms with Crippen LogP contribution in [0.3, 0.4) is 0 Å². The number of carbonyl (C=O) groups is 1. The van der Waals surface area contributed by atoms with Gasteiger partial charge in [-0.1, -0.05) is 51.1 Å². The molecule has 2 aromatic carbocycles. The molecule has 0 radical (unpaired) electrons. The van der Waals surface area contributed by atoms with Crippen LogP contribution in [0.4, 0.5) is 5.69 Å². The maximum atomic E-state index is 12.3. The largest absolute Gasteiger partial charge is 0.459 e. The topological polar surface area (TPSA) is 79.3 Å². The number of aryl methyl sites for hydroxylation is 1. The highest BCUT2D eigenvalue weighted by Gasteiger charge is 2.22. The predicted molar refractivity (Wildman–Crippen MR) is 161 cm³/mol. The van der Waals surface area contributed by atoms with E-state index in [1.807, 2.05) is 38.5 Å². The van der Waals surface area contributed by atoms with Gasteiger partial charge in [0.15, 0.2) is 0 Å². The Kier molecular flexibility index (Phi) is 7.48. The number of hydrogen-bond acceptors (Lipinski definition) is 6. The molecule has 4 aromatic rings. The number of aromatic amines is 1. The van der Waals surface area contributed by atoms with Gasteiger partial charge in [0, 0.05) is 44.5 Å². The first kappa shape index (κ1) is 27.9. The molecule has 1 saturated heterocycles.